The minimum atomic E-state index is -4.18. The van der Waals surface area contributed by atoms with E-state index in [1.54, 1.807) is 0 Å². The van der Waals surface area contributed by atoms with Crippen molar-refractivity contribution in [1.82, 2.24) is 0 Å². The van der Waals surface area contributed by atoms with E-state index in [9.17, 15) is 17.6 Å². The minimum Gasteiger partial charge on any atom is -0.357 e. The van der Waals surface area contributed by atoms with Crippen LogP contribution in [0, 0.1) is 11.3 Å². The highest BCUT2D eigenvalue weighted by Gasteiger charge is 2.41. The van der Waals surface area contributed by atoms with Gasteiger partial charge in [0.15, 0.2) is 0 Å². The Balaban J connectivity index is 3.85. The molecule has 0 bridgehead atoms. The second-order valence-corrected chi connectivity index (χ2v) is 2.14. The van der Waals surface area contributed by atoms with Crippen molar-refractivity contribution in [3.8, 4) is 6.07 Å². The molecule has 0 saturated carbocycles. The van der Waals surface area contributed by atoms with Crippen molar-refractivity contribution in [3.63, 3.8) is 0 Å². The second-order valence-electron chi connectivity index (χ2n) is 2.14. The fourth-order valence-electron chi connectivity index (χ4n) is 0.336. The average Bonchev–Trinajstić information content (AvgIpc) is 2.00. The summed E-state index contributed by atoms with van der Waals surface area (Å²) in [6.45, 7) is -0.235. The Morgan fingerprint density at radius 2 is 2.00 bits per heavy atom. The van der Waals surface area contributed by atoms with Crippen LogP contribution in [0.25, 0.3) is 0 Å². The SMILES string of the molecule is CC(C#N)OCC(F)(F)C(F)F. The van der Waals surface area contributed by atoms with Gasteiger partial charge in [-0.2, -0.15) is 14.0 Å². The molecule has 0 aliphatic rings. The molecule has 12 heavy (non-hydrogen) atoms. The highest BCUT2D eigenvalue weighted by molar-refractivity contribution is 4.80. The van der Waals surface area contributed by atoms with Crippen molar-refractivity contribution in [3.05, 3.63) is 0 Å². The summed E-state index contributed by atoms with van der Waals surface area (Å²) in [5.41, 5.74) is 0. The quantitative estimate of drug-likeness (QED) is 0.626. The topological polar surface area (TPSA) is 33.0 Å². The van der Waals surface area contributed by atoms with Gasteiger partial charge in [0.25, 0.3) is 0 Å². The van der Waals surface area contributed by atoms with Gasteiger partial charge in [0, 0.05) is 0 Å². The Morgan fingerprint density at radius 1 is 1.50 bits per heavy atom. The molecule has 1 unspecified atom stereocenters. The van der Waals surface area contributed by atoms with E-state index in [-0.39, 0.29) is 0 Å². The summed E-state index contributed by atoms with van der Waals surface area (Å²) in [4.78, 5) is 0. The fourth-order valence-corrected chi connectivity index (χ4v) is 0.336. The molecule has 0 spiro atoms. The number of hydrogen-bond acceptors (Lipinski definition) is 2. The Hall–Kier alpha value is -0.830. The molecule has 0 amide bonds. The molecule has 0 aromatic rings. The molecule has 70 valence electrons. The molecule has 0 heterocycles. The van der Waals surface area contributed by atoms with Crippen LogP contribution in [0.2, 0.25) is 0 Å². The smallest absolute Gasteiger partial charge is 0.330 e. The van der Waals surface area contributed by atoms with Crippen LogP contribution < -0.4 is 0 Å². The highest BCUT2D eigenvalue weighted by atomic mass is 19.3. The third-order valence-corrected chi connectivity index (χ3v) is 1.03. The highest BCUT2D eigenvalue weighted by Crippen LogP contribution is 2.23. The Morgan fingerprint density at radius 3 is 2.33 bits per heavy atom. The van der Waals surface area contributed by atoms with Crippen LogP contribution in [0.5, 0.6) is 0 Å². The molecule has 2 nitrogen and oxygen atoms in total. The molecule has 0 saturated heterocycles. The van der Waals surface area contributed by atoms with Crippen LogP contribution in [0.4, 0.5) is 17.6 Å². The molecule has 6 heteroatoms. The molecule has 0 aromatic carbocycles. The maximum absolute atomic E-state index is 12.1. The number of rotatable bonds is 4. The van der Waals surface area contributed by atoms with Gasteiger partial charge in [-0.25, -0.2) is 8.78 Å². The molecule has 0 aliphatic carbocycles. The first-order chi connectivity index (χ1) is 5.40. The predicted octanol–water partition coefficient (Wildman–Crippen LogP) is 1.82. The van der Waals surface area contributed by atoms with Gasteiger partial charge >= 0.3 is 12.3 Å². The van der Waals surface area contributed by atoms with E-state index in [2.05, 4.69) is 4.74 Å². The molecule has 0 fully saturated rings. The summed E-state index contributed by atoms with van der Waals surface area (Å²) in [6.07, 6.45) is -4.86. The van der Waals surface area contributed by atoms with Gasteiger partial charge in [0.1, 0.15) is 12.7 Å². The van der Waals surface area contributed by atoms with Crippen LogP contribution in [0.15, 0.2) is 0 Å². The van der Waals surface area contributed by atoms with Crippen molar-refractivity contribution in [2.24, 2.45) is 0 Å². The Bertz CT molecular complexity index is 177. The lowest BCUT2D eigenvalue weighted by atomic mass is 10.3. The van der Waals surface area contributed by atoms with E-state index < -0.39 is 25.1 Å². The van der Waals surface area contributed by atoms with Gasteiger partial charge < -0.3 is 4.74 Å². The Labute approximate surface area is 66.7 Å². The lowest BCUT2D eigenvalue weighted by Crippen LogP contribution is -2.33. The fraction of sp³-hybridized carbons (Fsp3) is 0.833. The number of hydrogen-bond donors (Lipinski definition) is 0. The first kappa shape index (κ1) is 11.2. The van der Waals surface area contributed by atoms with Crippen molar-refractivity contribution in [2.75, 3.05) is 6.61 Å². The predicted molar refractivity (Wildman–Crippen MR) is 32.0 cm³/mol. The minimum absolute atomic E-state index is 1.10. The summed E-state index contributed by atoms with van der Waals surface area (Å²) in [6, 6.07) is 1.48. The van der Waals surface area contributed by atoms with E-state index in [4.69, 9.17) is 5.26 Å². The van der Waals surface area contributed by atoms with Gasteiger partial charge in [-0.3, -0.25) is 0 Å². The normalized spacial score (nSPS) is 14.4. The molecular weight excluding hydrogens is 178 g/mol. The standard InChI is InChI=1S/C6H7F4NO/c1-4(2-11)12-3-6(9,10)5(7)8/h4-5H,3H2,1H3. The lowest BCUT2D eigenvalue weighted by Gasteiger charge is -2.15. The van der Waals surface area contributed by atoms with Crippen molar-refractivity contribution < 1.29 is 22.3 Å². The van der Waals surface area contributed by atoms with Gasteiger partial charge in [0.05, 0.1) is 6.07 Å². The average molecular weight is 185 g/mol. The van der Waals surface area contributed by atoms with Crippen LogP contribution in [-0.4, -0.2) is 25.1 Å². The van der Waals surface area contributed by atoms with Crippen LogP contribution >= 0.6 is 0 Å². The van der Waals surface area contributed by atoms with Gasteiger partial charge in [-0.1, -0.05) is 0 Å². The van der Waals surface area contributed by atoms with Crippen molar-refractivity contribution in [2.45, 2.75) is 25.4 Å². The monoisotopic (exact) mass is 185 g/mol. The second kappa shape index (κ2) is 4.26. The summed E-state index contributed by atoms with van der Waals surface area (Å²) >= 11 is 0. The maximum Gasteiger partial charge on any atom is 0.330 e. The van der Waals surface area contributed by atoms with Gasteiger partial charge in [-0.05, 0) is 6.92 Å². The third kappa shape index (κ3) is 3.53. The van der Waals surface area contributed by atoms with Crippen molar-refractivity contribution in [1.29, 1.82) is 5.26 Å². The molecule has 1 atom stereocenters. The largest absolute Gasteiger partial charge is 0.357 e. The summed E-state index contributed by atoms with van der Waals surface area (Å²) in [7, 11) is 0. The first-order valence-corrected chi connectivity index (χ1v) is 3.07. The zero-order valence-corrected chi connectivity index (χ0v) is 6.23. The lowest BCUT2D eigenvalue weighted by molar-refractivity contribution is -0.170. The van der Waals surface area contributed by atoms with E-state index in [0.29, 0.717) is 0 Å². The molecule has 0 rings (SSSR count). The molecular formula is C6H7F4NO. The zero-order valence-electron chi connectivity index (χ0n) is 6.23. The summed E-state index contributed by atoms with van der Waals surface area (Å²) < 4.78 is 51.2. The molecule has 0 aromatic heterocycles. The third-order valence-electron chi connectivity index (χ3n) is 1.03. The van der Waals surface area contributed by atoms with Gasteiger partial charge in [0.2, 0.25) is 0 Å². The van der Waals surface area contributed by atoms with E-state index >= 15 is 0 Å². The molecule has 0 N–H and O–H groups in total. The van der Waals surface area contributed by atoms with Crippen LogP contribution in [0.3, 0.4) is 0 Å². The molecule has 0 radical (unpaired) electrons. The summed E-state index contributed by atoms with van der Waals surface area (Å²) in [5.74, 6) is -4.18. The first-order valence-electron chi connectivity index (χ1n) is 3.07. The molecule has 0 aliphatic heterocycles. The van der Waals surface area contributed by atoms with Crippen molar-refractivity contribution >= 4 is 0 Å². The number of nitriles is 1. The number of halogens is 4. The summed E-state index contributed by atoms with van der Waals surface area (Å²) in [5, 5.41) is 8.06. The van der Waals surface area contributed by atoms with Crippen LogP contribution in [-0.2, 0) is 4.74 Å². The van der Waals surface area contributed by atoms with E-state index in [0.717, 1.165) is 0 Å². The van der Waals surface area contributed by atoms with E-state index in [1.165, 1.54) is 13.0 Å². The van der Waals surface area contributed by atoms with Crippen LogP contribution in [0.1, 0.15) is 6.92 Å². The number of ether oxygens (including phenoxy) is 1. The Kier molecular flexibility index (Phi) is 3.96. The zero-order chi connectivity index (χ0) is 9.78. The maximum atomic E-state index is 12.1. The van der Waals surface area contributed by atoms with Gasteiger partial charge in [-0.15, -0.1) is 0 Å². The number of alkyl halides is 4. The van der Waals surface area contributed by atoms with E-state index in [1.807, 2.05) is 0 Å². The number of nitrogens with zero attached hydrogens (tertiary/aromatic N) is 1.